The Morgan fingerprint density at radius 3 is 2.57 bits per heavy atom. The quantitative estimate of drug-likeness (QED) is 0.411. The van der Waals surface area contributed by atoms with Crippen LogP contribution in [0.25, 0.3) is 11.5 Å². The molecule has 1 saturated carbocycles. The molecule has 1 amide bonds. The molecule has 1 atom stereocenters. The van der Waals surface area contributed by atoms with Crippen molar-refractivity contribution in [2.45, 2.75) is 64.3 Å². The van der Waals surface area contributed by atoms with Crippen molar-refractivity contribution in [1.82, 2.24) is 15.5 Å². The lowest BCUT2D eigenvalue weighted by Gasteiger charge is -2.23. The maximum absolute atomic E-state index is 13.0. The van der Waals surface area contributed by atoms with Crippen LogP contribution in [0.5, 0.6) is 5.75 Å². The first-order valence-corrected chi connectivity index (χ1v) is 11.9. The highest BCUT2D eigenvalue weighted by atomic mass is 19.4. The van der Waals surface area contributed by atoms with Gasteiger partial charge in [0, 0.05) is 17.9 Å². The third-order valence-electron chi connectivity index (χ3n) is 6.19. The molecule has 1 N–H and O–H groups in total. The Kier molecular flexibility index (Phi) is 7.73. The fourth-order valence-corrected chi connectivity index (χ4v) is 4.38. The number of carbonyl (C=O) groups is 1. The standard InChI is InChI=1S/C26H28F3N3O3/c1-2-17-8-6-9-18(14-17)15-22(30-23(33)19-10-4-3-5-11-19)25-32-31-24(34-25)20-12-7-13-21(16-20)35-26(27,28)29/h6-9,12-14,16,19,22H,2-5,10-11,15H2,1H3,(H,30,33). The van der Waals surface area contributed by atoms with Crippen LogP contribution in [0, 0.1) is 5.92 Å². The van der Waals surface area contributed by atoms with Gasteiger partial charge in [-0.2, -0.15) is 0 Å². The first-order chi connectivity index (χ1) is 16.8. The Balaban J connectivity index is 1.58. The predicted octanol–water partition coefficient (Wildman–Crippen LogP) is 6.18. The first-order valence-electron chi connectivity index (χ1n) is 11.9. The van der Waals surface area contributed by atoms with E-state index in [1.54, 1.807) is 6.07 Å². The molecule has 2 aromatic carbocycles. The van der Waals surface area contributed by atoms with Crippen molar-refractivity contribution in [3.05, 3.63) is 65.5 Å². The van der Waals surface area contributed by atoms with Gasteiger partial charge in [0.15, 0.2) is 0 Å². The molecular formula is C26H28F3N3O3. The van der Waals surface area contributed by atoms with Gasteiger partial charge in [-0.25, -0.2) is 0 Å². The zero-order valence-corrected chi connectivity index (χ0v) is 19.5. The summed E-state index contributed by atoms with van der Waals surface area (Å²) in [5.41, 5.74) is 2.47. The fraction of sp³-hybridized carbons (Fsp3) is 0.423. The maximum Gasteiger partial charge on any atom is 0.573 e. The number of hydrogen-bond acceptors (Lipinski definition) is 5. The summed E-state index contributed by atoms with van der Waals surface area (Å²) in [5.74, 6) is -0.221. The minimum absolute atomic E-state index is 0.0401. The Morgan fingerprint density at radius 1 is 1.09 bits per heavy atom. The Hall–Kier alpha value is -3.36. The largest absolute Gasteiger partial charge is 0.573 e. The van der Waals surface area contributed by atoms with Gasteiger partial charge in [-0.15, -0.1) is 23.4 Å². The number of halogens is 3. The molecule has 1 fully saturated rings. The third kappa shape index (κ3) is 6.83. The number of ether oxygens (including phenoxy) is 1. The average molecular weight is 488 g/mol. The summed E-state index contributed by atoms with van der Waals surface area (Å²) < 4.78 is 47.7. The number of amides is 1. The van der Waals surface area contributed by atoms with E-state index < -0.39 is 12.4 Å². The van der Waals surface area contributed by atoms with Gasteiger partial charge in [0.1, 0.15) is 11.8 Å². The third-order valence-corrected chi connectivity index (χ3v) is 6.19. The minimum Gasteiger partial charge on any atom is -0.418 e. The van der Waals surface area contributed by atoms with Gasteiger partial charge in [0.25, 0.3) is 0 Å². The zero-order chi connectivity index (χ0) is 24.8. The van der Waals surface area contributed by atoms with E-state index in [1.165, 1.54) is 23.8 Å². The molecule has 1 aliphatic carbocycles. The molecule has 3 aromatic rings. The average Bonchev–Trinajstić information content (AvgIpc) is 3.34. The van der Waals surface area contributed by atoms with Crippen molar-refractivity contribution >= 4 is 5.91 Å². The number of benzene rings is 2. The van der Waals surface area contributed by atoms with E-state index in [4.69, 9.17) is 4.42 Å². The lowest BCUT2D eigenvalue weighted by atomic mass is 9.88. The lowest BCUT2D eigenvalue weighted by Crippen LogP contribution is -2.36. The highest BCUT2D eigenvalue weighted by Crippen LogP contribution is 2.30. The van der Waals surface area contributed by atoms with Gasteiger partial charge in [0.05, 0.1) is 0 Å². The number of aromatic nitrogens is 2. The van der Waals surface area contributed by atoms with Crippen molar-refractivity contribution in [2.24, 2.45) is 5.92 Å². The number of hydrogen-bond donors (Lipinski definition) is 1. The topological polar surface area (TPSA) is 77.2 Å². The smallest absolute Gasteiger partial charge is 0.418 e. The van der Waals surface area contributed by atoms with Crippen LogP contribution in [-0.4, -0.2) is 22.5 Å². The molecule has 0 spiro atoms. The van der Waals surface area contributed by atoms with Gasteiger partial charge in [-0.1, -0.05) is 56.5 Å². The van der Waals surface area contributed by atoms with Crippen LogP contribution >= 0.6 is 0 Å². The number of nitrogens with zero attached hydrogens (tertiary/aromatic N) is 2. The molecule has 6 nitrogen and oxygen atoms in total. The van der Waals surface area contributed by atoms with Crippen LogP contribution in [0.15, 0.2) is 52.9 Å². The minimum atomic E-state index is -4.81. The summed E-state index contributed by atoms with van der Waals surface area (Å²) in [6.07, 6.45) is 1.43. The van der Waals surface area contributed by atoms with Crippen molar-refractivity contribution in [3.8, 4) is 17.2 Å². The molecule has 9 heteroatoms. The number of carbonyl (C=O) groups excluding carboxylic acids is 1. The molecular weight excluding hydrogens is 459 g/mol. The Morgan fingerprint density at radius 2 is 1.83 bits per heavy atom. The molecule has 35 heavy (non-hydrogen) atoms. The van der Waals surface area contributed by atoms with Crippen molar-refractivity contribution in [3.63, 3.8) is 0 Å². The number of nitrogens with one attached hydrogen (secondary N) is 1. The molecule has 0 aliphatic heterocycles. The molecule has 4 rings (SSSR count). The van der Waals surface area contributed by atoms with E-state index in [1.807, 2.05) is 18.2 Å². The van der Waals surface area contributed by atoms with E-state index in [2.05, 4.69) is 33.2 Å². The van der Waals surface area contributed by atoms with Crippen LogP contribution in [0.1, 0.15) is 62.1 Å². The highest BCUT2D eigenvalue weighted by Gasteiger charge is 2.31. The van der Waals surface area contributed by atoms with Gasteiger partial charge in [0.2, 0.25) is 17.7 Å². The Labute approximate surface area is 201 Å². The van der Waals surface area contributed by atoms with Crippen LogP contribution in [0.3, 0.4) is 0 Å². The highest BCUT2D eigenvalue weighted by molar-refractivity contribution is 5.79. The van der Waals surface area contributed by atoms with Gasteiger partial charge in [-0.3, -0.25) is 4.79 Å². The van der Waals surface area contributed by atoms with E-state index >= 15 is 0 Å². The van der Waals surface area contributed by atoms with Crippen molar-refractivity contribution < 1.29 is 27.1 Å². The van der Waals surface area contributed by atoms with Gasteiger partial charge < -0.3 is 14.5 Å². The number of aryl methyl sites for hydroxylation is 1. The van der Waals surface area contributed by atoms with Crippen LogP contribution in [0.2, 0.25) is 0 Å². The fourth-order valence-electron chi connectivity index (χ4n) is 4.38. The molecule has 1 unspecified atom stereocenters. The normalized spacial score (nSPS) is 15.5. The second kappa shape index (κ2) is 10.9. The van der Waals surface area contributed by atoms with Crippen molar-refractivity contribution in [1.29, 1.82) is 0 Å². The molecule has 1 aromatic heterocycles. The van der Waals surface area contributed by atoms with E-state index in [-0.39, 0.29) is 34.9 Å². The summed E-state index contributed by atoms with van der Waals surface area (Å²) in [4.78, 5) is 13.0. The van der Waals surface area contributed by atoms with Crippen LogP contribution in [-0.2, 0) is 17.6 Å². The zero-order valence-electron chi connectivity index (χ0n) is 19.5. The van der Waals surface area contributed by atoms with Gasteiger partial charge in [-0.05, 0) is 48.6 Å². The van der Waals surface area contributed by atoms with E-state index in [9.17, 15) is 18.0 Å². The maximum atomic E-state index is 13.0. The lowest BCUT2D eigenvalue weighted by molar-refractivity contribution is -0.274. The Bertz CT molecular complexity index is 1140. The second-order valence-corrected chi connectivity index (χ2v) is 8.79. The molecule has 1 heterocycles. The number of rotatable bonds is 8. The summed E-state index contributed by atoms with van der Waals surface area (Å²) >= 11 is 0. The van der Waals surface area contributed by atoms with E-state index in [0.29, 0.717) is 6.42 Å². The monoisotopic (exact) mass is 487 g/mol. The summed E-state index contributed by atoms with van der Waals surface area (Å²) in [6, 6.07) is 12.9. The molecule has 0 saturated heterocycles. The second-order valence-electron chi connectivity index (χ2n) is 8.79. The molecule has 1 aliphatic rings. The molecule has 186 valence electrons. The molecule has 0 bridgehead atoms. The molecule has 0 radical (unpaired) electrons. The van der Waals surface area contributed by atoms with Crippen LogP contribution in [0.4, 0.5) is 13.2 Å². The first kappa shape index (κ1) is 24.8. The van der Waals surface area contributed by atoms with Crippen LogP contribution < -0.4 is 10.1 Å². The van der Waals surface area contributed by atoms with E-state index in [0.717, 1.165) is 44.1 Å². The summed E-state index contributed by atoms with van der Waals surface area (Å²) in [5, 5.41) is 11.3. The summed E-state index contributed by atoms with van der Waals surface area (Å²) in [7, 11) is 0. The van der Waals surface area contributed by atoms with Gasteiger partial charge >= 0.3 is 6.36 Å². The number of alkyl halides is 3. The SMILES string of the molecule is CCc1cccc(CC(NC(=O)C2CCCCC2)c2nnc(-c3cccc(OC(F)(F)F)c3)o2)c1. The van der Waals surface area contributed by atoms with Crippen molar-refractivity contribution in [2.75, 3.05) is 0 Å². The summed E-state index contributed by atoms with van der Waals surface area (Å²) in [6.45, 7) is 2.07. The predicted molar refractivity (Wildman–Crippen MR) is 123 cm³/mol.